The Labute approximate surface area is 190 Å². The lowest BCUT2D eigenvalue weighted by Crippen LogP contribution is -2.27. The van der Waals surface area contributed by atoms with Crippen LogP contribution in [0.25, 0.3) is 10.3 Å². The summed E-state index contributed by atoms with van der Waals surface area (Å²) >= 11 is 1.29. The van der Waals surface area contributed by atoms with Crippen molar-refractivity contribution in [2.45, 2.75) is 32.9 Å². The van der Waals surface area contributed by atoms with Gasteiger partial charge in [-0.1, -0.05) is 67.6 Å². The van der Waals surface area contributed by atoms with Crippen LogP contribution in [-0.4, -0.2) is 27.5 Å². The first-order valence-electron chi connectivity index (χ1n) is 10.4. The van der Waals surface area contributed by atoms with E-state index < -0.39 is 0 Å². The van der Waals surface area contributed by atoms with Gasteiger partial charge in [-0.25, -0.2) is 4.98 Å². The Balaban J connectivity index is 1.48. The molecule has 1 N–H and O–H groups in total. The molecular weight excluding hydrogens is 422 g/mol. The van der Waals surface area contributed by atoms with E-state index in [9.17, 15) is 9.59 Å². The number of amides is 1. The Morgan fingerprint density at radius 2 is 1.84 bits per heavy atom. The minimum atomic E-state index is -0.281. The summed E-state index contributed by atoms with van der Waals surface area (Å²) in [5, 5.41) is 3.54. The molecular formula is C24H25N5O2S. The van der Waals surface area contributed by atoms with Crippen molar-refractivity contribution >= 4 is 38.4 Å². The number of anilines is 2. The van der Waals surface area contributed by atoms with Gasteiger partial charge in [-0.2, -0.15) is 4.98 Å². The van der Waals surface area contributed by atoms with Gasteiger partial charge in [0.25, 0.3) is 5.56 Å². The van der Waals surface area contributed by atoms with Gasteiger partial charge in [-0.05, 0) is 29.2 Å². The number of benzene rings is 2. The van der Waals surface area contributed by atoms with E-state index in [2.05, 4.69) is 29.1 Å². The second-order valence-electron chi connectivity index (χ2n) is 7.99. The van der Waals surface area contributed by atoms with Crippen LogP contribution < -0.4 is 15.8 Å². The minimum absolute atomic E-state index is 0.110. The highest BCUT2D eigenvalue weighted by molar-refractivity contribution is 7.22. The van der Waals surface area contributed by atoms with Crippen molar-refractivity contribution in [2.75, 3.05) is 17.3 Å². The van der Waals surface area contributed by atoms with Gasteiger partial charge in [0.05, 0.1) is 0 Å². The van der Waals surface area contributed by atoms with Crippen LogP contribution in [-0.2, 0) is 17.9 Å². The molecule has 0 aliphatic carbocycles. The smallest absolute Gasteiger partial charge is 0.273 e. The fourth-order valence-electron chi connectivity index (χ4n) is 3.34. The second kappa shape index (κ2) is 9.32. The zero-order chi connectivity index (χ0) is 22.7. The largest absolute Gasteiger partial charge is 0.347 e. The minimum Gasteiger partial charge on any atom is -0.347 e. The Hall–Kier alpha value is -3.52. The number of thiazole rings is 1. The number of hydrogen-bond acceptors (Lipinski definition) is 6. The highest BCUT2D eigenvalue weighted by Gasteiger charge is 2.15. The lowest BCUT2D eigenvalue weighted by molar-refractivity contribution is -0.116. The first-order valence-corrected chi connectivity index (χ1v) is 11.2. The van der Waals surface area contributed by atoms with Crippen LogP contribution in [0.4, 0.5) is 10.8 Å². The number of nitrogens with one attached hydrogen (secondary N) is 1. The maximum absolute atomic E-state index is 12.9. The van der Waals surface area contributed by atoms with Gasteiger partial charge in [-0.3, -0.25) is 14.2 Å². The van der Waals surface area contributed by atoms with E-state index in [-0.39, 0.29) is 18.0 Å². The van der Waals surface area contributed by atoms with E-state index >= 15 is 0 Å². The summed E-state index contributed by atoms with van der Waals surface area (Å²) < 4.78 is 1.76. The van der Waals surface area contributed by atoms with Crippen LogP contribution in [0.3, 0.4) is 0 Å². The molecule has 0 aliphatic heterocycles. The summed E-state index contributed by atoms with van der Waals surface area (Å²) in [6.07, 6.45) is 1.38. The van der Waals surface area contributed by atoms with Crippen LogP contribution >= 0.6 is 11.3 Å². The predicted octanol–water partition coefficient (Wildman–Crippen LogP) is 4.25. The number of aromatic nitrogens is 3. The number of carbonyl (C=O) groups excluding carboxylic acids is 1. The average molecular weight is 448 g/mol. The van der Waals surface area contributed by atoms with Crippen LogP contribution in [0.1, 0.15) is 30.9 Å². The predicted molar refractivity (Wildman–Crippen MR) is 129 cm³/mol. The van der Waals surface area contributed by atoms with Gasteiger partial charge in [0.2, 0.25) is 5.91 Å². The summed E-state index contributed by atoms with van der Waals surface area (Å²) in [6.45, 7) is 4.80. The number of nitrogens with zero attached hydrogens (tertiary/aromatic N) is 4. The standard InChI is InChI=1S/C24H25N5O2S/c1-16(2)18-9-11-19(12-10-18)26-20(30)14-29-15-25-22-21(23(29)31)32-24(27-22)28(3)13-17-7-5-4-6-8-17/h4-12,15-16H,13-14H2,1-3H3,(H,26,30). The number of carbonyl (C=O) groups is 1. The summed E-state index contributed by atoms with van der Waals surface area (Å²) in [7, 11) is 1.93. The van der Waals surface area contributed by atoms with Crippen molar-refractivity contribution < 1.29 is 4.79 Å². The molecule has 2 heterocycles. The molecule has 1 amide bonds. The van der Waals surface area contributed by atoms with E-state index in [0.717, 1.165) is 5.56 Å². The molecule has 0 atom stereocenters. The molecule has 32 heavy (non-hydrogen) atoms. The summed E-state index contributed by atoms with van der Waals surface area (Å²) in [5.41, 5.74) is 3.18. The Morgan fingerprint density at radius 1 is 1.12 bits per heavy atom. The van der Waals surface area contributed by atoms with Crippen molar-refractivity contribution in [2.24, 2.45) is 0 Å². The normalized spacial score (nSPS) is 11.1. The van der Waals surface area contributed by atoms with Crippen LogP contribution in [0.2, 0.25) is 0 Å². The molecule has 4 rings (SSSR count). The van der Waals surface area contributed by atoms with E-state index in [1.165, 1.54) is 27.8 Å². The quantitative estimate of drug-likeness (QED) is 0.458. The Morgan fingerprint density at radius 3 is 2.53 bits per heavy atom. The van der Waals surface area contributed by atoms with E-state index in [4.69, 9.17) is 0 Å². The van der Waals surface area contributed by atoms with Gasteiger partial charge < -0.3 is 10.2 Å². The first-order chi connectivity index (χ1) is 15.4. The third kappa shape index (κ3) is 4.86. The highest BCUT2D eigenvalue weighted by atomic mass is 32.1. The molecule has 0 saturated carbocycles. The monoisotopic (exact) mass is 447 g/mol. The van der Waals surface area contributed by atoms with Crippen LogP contribution in [0.15, 0.2) is 65.7 Å². The molecule has 7 nitrogen and oxygen atoms in total. The molecule has 0 unspecified atom stereocenters. The van der Waals surface area contributed by atoms with Crippen molar-refractivity contribution in [1.29, 1.82) is 0 Å². The molecule has 2 aromatic heterocycles. The third-order valence-corrected chi connectivity index (χ3v) is 6.28. The highest BCUT2D eigenvalue weighted by Crippen LogP contribution is 2.25. The first kappa shape index (κ1) is 21.7. The van der Waals surface area contributed by atoms with Crippen molar-refractivity contribution in [3.8, 4) is 0 Å². The van der Waals surface area contributed by atoms with Crippen LogP contribution in [0, 0.1) is 0 Å². The van der Waals surface area contributed by atoms with Crippen molar-refractivity contribution in [3.05, 3.63) is 82.4 Å². The van der Waals surface area contributed by atoms with Gasteiger partial charge in [0.1, 0.15) is 17.6 Å². The summed E-state index contributed by atoms with van der Waals surface area (Å²) in [5.74, 6) is 0.142. The molecule has 0 fully saturated rings. The SMILES string of the molecule is CC(C)c1ccc(NC(=O)Cn2cnc3nc(N(C)Cc4ccccc4)sc3c2=O)cc1. The van der Waals surface area contributed by atoms with E-state index in [0.29, 0.717) is 33.6 Å². The molecule has 164 valence electrons. The summed E-state index contributed by atoms with van der Waals surface area (Å²) in [4.78, 5) is 36.2. The van der Waals surface area contributed by atoms with Gasteiger partial charge in [-0.15, -0.1) is 0 Å². The van der Waals surface area contributed by atoms with Crippen molar-refractivity contribution in [3.63, 3.8) is 0 Å². The zero-order valence-electron chi connectivity index (χ0n) is 18.3. The second-order valence-corrected chi connectivity index (χ2v) is 8.97. The molecule has 0 saturated heterocycles. The molecule has 8 heteroatoms. The lowest BCUT2D eigenvalue weighted by atomic mass is 10.0. The zero-order valence-corrected chi connectivity index (χ0v) is 19.1. The molecule has 2 aromatic carbocycles. The Bertz CT molecular complexity index is 1280. The van der Waals surface area contributed by atoms with Gasteiger partial charge in [0.15, 0.2) is 10.8 Å². The fraction of sp³-hybridized carbons (Fsp3) is 0.250. The number of rotatable bonds is 7. The number of hydrogen-bond donors (Lipinski definition) is 1. The van der Waals surface area contributed by atoms with Crippen molar-refractivity contribution in [1.82, 2.24) is 14.5 Å². The third-order valence-electron chi connectivity index (χ3n) is 5.14. The maximum Gasteiger partial charge on any atom is 0.273 e. The topological polar surface area (TPSA) is 80.1 Å². The van der Waals surface area contributed by atoms with Crippen LogP contribution in [0.5, 0.6) is 0 Å². The average Bonchev–Trinajstić information content (AvgIpc) is 3.22. The Kier molecular flexibility index (Phi) is 6.32. The van der Waals surface area contributed by atoms with Gasteiger partial charge in [0, 0.05) is 19.3 Å². The summed E-state index contributed by atoms with van der Waals surface area (Å²) in [6, 6.07) is 17.8. The maximum atomic E-state index is 12.9. The van der Waals surface area contributed by atoms with E-state index in [1.807, 2.05) is 66.5 Å². The van der Waals surface area contributed by atoms with Gasteiger partial charge >= 0.3 is 0 Å². The number of fused-ring (bicyclic) bond motifs is 1. The lowest BCUT2D eigenvalue weighted by Gasteiger charge is -2.15. The molecule has 0 radical (unpaired) electrons. The molecule has 0 spiro atoms. The molecule has 4 aromatic rings. The van der Waals surface area contributed by atoms with E-state index in [1.54, 1.807) is 0 Å². The fourth-order valence-corrected chi connectivity index (χ4v) is 4.27. The molecule has 0 bridgehead atoms. The molecule has 0 aliphatic rings.